The predicted octanol–water partition coefficient (Wildman–Crippen LogP) is 6.32. The first-order valence-electron chi connectivity index (χ1n) is 10.3. The first-order chi connectivity index (χ1) is 13.9. The monoisotopic (exact) mass is 410 g/mol. The summed E-state index contributed by atoms with van der Waals surface area (Å²) in [7, 11) is 1.64. The Morgan fingerprint density at radius 3 is 2.76 bits per heavy atom. The third-order valence-corrected chi connectivity index (χ3v) is 6.73. The molecule has 1 heterocycles. The number of ether oxygens (including phenoxy) is 2. The smallest absolute Gasteiger partial charge is 0.161 e. The average Bonchev–Trinajstić information content (AvgIpc) is 3.06. The van der Waals surface area contributed by atoms with E-state index < -0.39 is 0 Å². The number of aliphatic imine (C=N–C) groups is 1. The Balaban J connectivity index is 1.85. The van der Waals surface area contributed by atoms with Crippen LogP contribution in [0.3, 0.4) is 0 Å². The van der Waals surface area contributed by atoms with Crippen LogP contribution in [0, 0.1) is 22.7 Å². The van der Waals surface area contributed by atoms with Crippen molar-refractivity contribution in [2.24, 2.45) is 16.3 Å². The summed E-state index contributed by atoms with van der Waals surface area (Å²) in [5.41, 5.74) is 3.18. The van der Waals surface area contributed by atoms with Crippen LogP contribution in [0.25, 0.3) is 0 Å². The van der Waals surface area contributed by atoms with Crippen LogP contribution < -0.4 is 9.47 Å². The van der Waals surface area contributed by atoms with Crippen LogP contribution >= 0.6 is 11.3 Å². The van der Waals surface area contributed by atoms with Crippen molar-refractivity contribution in [3.8, 4) is 17.6 Å². The van der Waals surface area contributed by atoms with E-state index in [0.717, 1.165) is 47.6 Å². The maximum absolute atomic E-state index is 9.73. The van der Waals surface area contributed by atoms with Crippen LogP contribution in [0.15, 0.2) is 23.2 Å². The van der Waals surface area contributed by atoms with Gasteiger partial charge in [0.2, 0.25) is 0 Å². The highest BCUT2D eigenvalue weighted by molar-refractivity contribution is 7.16. The Bertz CT molecular complexity index is 932. The van der Waals surface area contributed by atoms with Crippen LogP contribution in [-0.2, 0) is 12.8 Å². The van der Waals surface area contributed by atoms with Gasteiger partial charge in [-0.05, 0) is 66.3 Å². The summed E-state index contributed by atoms with van der Waals surface area (Å²) in [6.45, 7) is 9.65. The van der Waals surface area contributed by atoms with E-state index in [1.165, 1.54) is 10.4 Å². The number of rotatable bonds is 6. The highest BCUT2D eigenvalue weighted by Crippen LogP contribution is 2.44. The van der Waals surface area contributed by atoms with E-state index >= 15 is 0 Å². The Morgan fingerprint density at radius 1 is 1.31 bits per heavy atom. The van der Waals surface area contributed by atoms with Crippen molar-refractivity contribution < 1.29 is 9.47 Å². The van der Waals surface area contributed by atoms with Gasteiger partial charge in [0.05, 0.1) is 19.3 Å². The molecule has 0 saturated carbocycles. The normalized spacial score (nSPS) is 16.5. The average molecular weight is 411 g/mol. The predicted molar refractivity (Wildman–Crippen MR) is 120 cm³/mol. The van der Waals surface area contributed by atoms with Crippen LogP contribution in [0.5, 0.6) is 11.5 Å². The molecule has 1 aromatic carbocycles. The summed E-state index contributed by atoms with van der Waals surface area (Å²) in [6, 6.07) is 8.20. The summed E-state index contributed by atoms with van der Waals surface area (Å²) in [4.78, 5) is 6.02. The van der Waals surface area contributed by atoms with E-state index in [0.29, 0.717) is 18.3 Å². The lowest BCUT2D eigenvalue weighted by atomic mass is 9.72. The molecule has 0 amide bonds. The number of nitriles is 1. The second kappa shape index (κ2) is 9.00. The minimum absolute atomic E-state index is 0.288. The summed E-state index contributed by atoms with van der Waals surface area (Å²) in [5.74, 6) is 2.09. The summed E-state index contributed by atoms with van der Waals surface area (Å²) < 4.78 is 11.2. The number of methoxy groups -OCH3 is 1. The highest BCUT2D eigenvalue weighted by atomic mass is 32.1. The van der Waals surface area contributed by atoms with E-state index in [1.807, 2.05) is 24.4 Å². The molecular weight excluding hydrogens is 380 g/mol. The molecule has 0 saturated heterocycles. The van der Waals surface area contributed by atoms with Crippen molar-refractivity contribution >= 4 is 22.6 Å². The molecule has 0 N–H and O–H groups in total. The molecule has 0 unspecified atom stereocenters. The van der Waals surface area contributed by atoms with Gasteiger partial charge in [-0.2, -0.15) is 5.26 Å². The zero-order chi connectivity index (χ0) is 21.0. The van der Waals surface area contributed by atoms with Gasteiger partial charge in [-0.3, -0.25) is 0 Å². The molecule has 2 aromatic rings. The zero-order valence-electron chi connectivity index (χ0n) is 18.0. The Morgan fingerprint density at radius 2 is 2.10 bits per heavy atom. The van der Waals surface area contributed by atoms with Gasteiger partial charge in [-0.1, -0.05) is 27.7 Å². The fourth-order valence-corrected chi connectivity index (χ4v) is 4.97. The highest BCUT2D eigenvalue weighted by Gasteiger charge is 2.32. The largest absolute Gasteiger partial charge is 0.493 e. The van der Waals surface area contributed by atoms with Crippen molar-refractivity contribution in [1.82, 2.24) is 0 Å². The van der Waals surface area contributed by atoms with Gasteiger partial charge in [-0.15, -0.1) is 11.3 Å². The molecule has 29 heavy (non-hydrogen) atoms. The summed E-state index contributed by atoms with van der Waals surface area (Å²) in [5, 5.41) is 10.6. The van der Waals surface area contributed by atoms with E-state index in [-0.39, 0.29) is 5.41 Å². The molecular formula is C24H30N2O2S. The molecule has 1 atom stereocenters. The van der Waals surface area contributed by atoms with Gasteiger partial charge in [0.1, 0.15) is 11.1 Å². The van der Waals surface area contributed by atoms with Gasteiger partial charge in [-0.25, -0.2) is 4.99 Å². The molecule has 0 radical (unpaired) electrons. The van der Waals surface area contributed by atoms with Gasteiger partial charge in [0, 0.05) is 11.1 Å². The lowest BCUT2D eigenvalue weighted by molar-refractivity contribution is 0.218. The Hall–Kier alpha value is -2.32. The number of nitrogens with zero attached hydrogens (tertiary/aromatic N) is 2. The first kappa shape index (κ1) is 21.4. The van der Waals surface area contributed by atoms with Crippen molar-refractivity contribution in [3.05, 3.63) is 39.8 Å². The molecule has 154 valence electrons. The van der Waals surface area contributed by atoms with Crippen molar-refractivity contribution in [3.63, 3.8) is 0 Å². The second-order valence-electron chi connectivity index (χ2n) is 8.62. The molecule has 0 aliphatic heterocycles. The molecule has 1 aliphatic rings. The van der Waals surface area contributed by atoms with E-state index in [4.69, 9.17) is 9.47 Å². The molecule has 1 aliphatic carbocycles. The van der Waals surface area contributed by atoms with Crippen LogP contribution in [-0.4, -0.2) is 19.9 Å². The number of fused-ring (bicyclic) bond motifs is 1. The molecule has 0 spiro atoms. The minimum Gasteiger partial charge on any atom is -0.493 e. The van der Waals surface area contributed by atoms with Crippen LogP contribution in [0.2, 0.25) is 0 Å². The SMILES string of the molecule is CCCOc1ccc(C=Nc2sc3c(c2C#N)CC[C@H](C(C)(C)C)C3)cc1OC. The van der Waals surface area contributed by atoms with Crippen molar-refractivity contribution in [2.75, 3.05) is 13.7 Å². The Labute approximate surface area is 178 Å². The standard InChI is InChI=1S/C24H30N2O2S/c1-6-11-28-20-10-7-16(12-21(20)27-5)15-26-23-19(14-25)18-9-8-17(24(2,3)4)13-22(18)29-23/h7,10,12,15,17H,6,8-9,11,13H2,1-5H3/t17-/m0/s1. The lowest BCUT2D eigenvalue weighted by Gasteiger charge is -2.33. The van der Waals surface area contributed by atoms with Gasteiger partial charge < -0.3 is 9.47 Å². The number of benzene rings is 1. The first-order valence-corrected chi connectivity index (χ1v) is 11.1. The minimum atomic E-state index is 0.288. The van der Waals surface area contributed by atoms with Crippen molar-refractivity contribution in [2.45, 2.75) is 53.4 Å². The van der Waals surface area contributed by atoms with Gasteiger partial charge in [0.25, 0.3) is 0 Å². The van der Waals surface area contributed by atoms with Crippen LogP contribution in [0.1, 0.15) is 62.1 Å². The maximum Gasteiger partial charge on any atom is 0.161 e. The van der Waals surface area contributed by atoms with Gasteiger partial charge >= 0.3 is 0 Å². The third kappa shape index (κ3) is 4.82. The molecule has 0 fully saturated rings. The van der Waals surface area contributed by atoms with E-state index in [9.17, 15) is 5.26 Å². The van der Waals surface area contributed by atoms with Gasteiger partial charge in [0.15, 0.2) is 11.5 Å². The van der Waals surface area contributed by atoms with Crippen molar-refractivity contribution in [1.29, 1.82) is 5.26 Å². The number of thiophene rings is 1. The molecule has 0 bridgehead atoms. The number of hydrogen-bond donors (Lipinski definition) is 0. The van der Waals surface area contributed by atoms with E-state index in [1.54, 1.807) is 18.4 Å². The van der Waals surface area contributed by atoms with E-state index in [2.05, 4.69) is 38.8 Å². The quantitative estimate of drug-likeness (QED) is 0.524. The second-order valence-corrected chi connectivity index (χ2v) is 9.70. The topological polar surface area (TPSA) is 54.6 Å². The molecule has 1 aromatic heterocycles. The fourth-order valence-electron chi connectivity index (χ4n) is 3.75. The lowest BCUT2D eigenvalue weighted by Crippen LogP contribution is -2.26. The summed E-state index contributed by atoms with van der Waals surface area (Å²) >= 11 is 1.67. The number of hydrogen-bond acceptors (Lipinski definition) is 5. The maximum atomic E-state index is 9.73. The van der Waals surface area contributed by atoms with Crippen LogP contribution in [0.4, 0.5) is 5.00 Å². The molecule has 4 nitrogen and oxygen atoms in total. The fraction of sp³-hybridized carbons (Fsp3) is 0.500. The molecule has 5 heteroatoms. The Kier molecular flexibility index (Phi) is 6.64. The zero-order valence-corrected chi connectivity index (χ0v) is 18.9. The third-order valence-electron chi connectivity index (χ3n) is 5.56. The summed E-state index contributed by atoms with van der Waals surface area (Å²) in [6.07, 6.45) is 5.92. The molecule has 3 rings (SSSR count).